The van der Waals surface area contributed by atoms with Crippen LogP contribution in [0.2, 0.25) is 0 Å². The van der Waals surface area contributed by atoms with E-state index in [1.807, 2.05) is 6.07 Å². The first-order chi connectivity index (χ1) is 12.1. The largest absolute Gasteiger partial charge is 0.366 e. The van der Waals surface area contributed by atoms with Gasteiger partial charge in [-0.1, -0.05) is 0 Å². The van der Waals surface area contributed by atoms with Gasteiger partial charge >= 0.3 is 0 Å². The van der Waals surface area contributed by atoms with E-state index >= 15 is 0 Å². The van der Waals surface area contributed by atoms with E-state index in [-0.39, 0.29) is 11.7 Å². The monoisotopic (exact) mass is 335 g/mol. The summed E-state index contributed by atoms with van der Waals surface area (Å²) in [5.41, 5.74) is 8.34. The number of hydrogen-bond acceptors (Lipinski definition) is 2. The molecular weight excluding hydrogens is 321 g/mol. The highest BCUT2D eigenvalue weighted by Gasteiger charge is 2.40. The van der Waals surface area contributed by atoms with Crippen LogP contribution in [-0.4, -0.2) is 16.8 Å². The molecule has 5 nitrogen and oxygen atoms in total. The van der Waals surface area contributed by atoms with Gasteiger partial charge in [-0.15, -0.1) is 0 Å². The number of nitrogens with zero attached hydrogens (tertiary/aromatic N) is 1. The Morgan fingerprint density at radius 1 is 1.12 bits per heavy atom. The lowest BCUT2D eigenvalue weighted by Crippen LogP contribution is -2.24. The van der Waals surface area contributed by atoms with E-state index in [2.05, 4.69) is 4.98 Å². The Labute approximate surface area is 142 Å². The fraction of sp³-hybridized carbons (Fsp3) is 0.0526. The van der Waals surface area contributed by atoms with Crippen molar-refractivity contribution < 1.29 is 14.0 Å². The van der Waals surface area contributed by atoms with E-state index in [1.54, 1.807) is 42.6 Å². The van der Waals surface area contributed by atoms with Gasteiger partial charge in [-0.3, -0.25) is 14.5 Å². The summed E-state index contributed by atoms with van der Waals surface area (Å²) in [7, 11) is 0. The predicted octanol–water partition coefficient (Wildman–Crippen LogP) is 3.06. The maximum absolute atomic E-state index is 13.2. The molecule has 124 valence electrons. The number of aromatic amines is 1. The molecule has 0 aliphatic carbocycles. The lowest BCUT2D eigenvalue weighted by Gasteiger charge is -2.18. The predicted molar refractivity (Wildman–Crippen MR) is 91.1 cm³/mol. The van der Waals surface area contributed by atoms with Crippen LogP contribution in [0.25, 0.3) is 0 Å². The Hall–Kier alpha value is -3.41. The highest BCUT2D eigenvalue weighted by atomic mass is 19.1. The molecule has 3 N–H and O–H groups in total. The van der Waals surface area contributed by atoms with E-state index in [0.717, 1.165) is 5.69 Å². The summed E-state index contributed by atoms with van der Waals surface area (Å²) in [6, 6.07) is 14.3. The summed E-state index contributed by atoms with van der Waals surface area (Å²) in [5, 5.41) is 0. The Morgan fingerprint density at radius 3 is 2.52 bits per heavy atom. The van der Waals surface area contributed by atoms with Crippen LogP contribution in [0.5, 0.6) is 0 Å². The smallest absolute Gasteiger partial charge is 0.248 e. The van der Waals surface area contributed by atoms with E-state index in [9.17, 15) is 14.0 Å². The molecule has 0 fully saturated rings. The number of carbonyl (C=O) groups excluding carboxylic acids is 2. The zero-order valence-corrected chi connectivity index (χ0v) is 13.1. The van der Waals surface area contributed by atoms with Crippen LogP contribution >= 0.6 is 0 Å². The number of halogens is 1. The standard InChI is InChI=1S/C19H14FN3O2/c20-12-4-6-13(7-5-12)23-16-8-3-11(18(21)24)10-14(16)17(19(23)25)15-2-1-9-22-15/h1-10,17,22H,(H2,21,24). The molecule has 1 unspecified atom stereocenters. The molecule has 3 aromatic rings. The first-order valence-corrected chi connectivity index (χ1v) is 7.73. The zero-order valence-electron chi connectivity index (χ0n) is 13.1. The minimum Gasteiger partial charge on any atom is -0.366 e. The second kappa shape index (κ2) is 5.59. The average Bonchev–Trinajstić information content (AvgIpc) is 3.20. The van der Waals surface area contributed by atoms with Crippen molar-refractivity contribution in [1.82, 2.24) is 4.98 Å². The number of amides is 2. The summed E-state index contributed by atoms with van der Waals surface area (Å²) < 4.78 is 13.2. The van der Waals surface area contributed by atoms with E-state index in [4.69, 9.17) is 5.73 Å². The molecule has 0 radical (unpaired) electrons. The van der Waals surface area contributed by atoms with Crippen molar-refractivity contribution in [3.63, 3.8) is 0 Å². The van der Waals surface area contributed by atoms with Gasteiger partial charge in [-0.2, -0.15) is 0 Å². The molecule has 0 saturated carbocycles. The quantitative estimate of drug-likeness (QED) is 0.771. The lowest BCUT2D eigenvalue weighted by atomic mass is 9.95. The number of fused-ring (bicyclic) bond motifs is 1. The first-order valence-electron chi connectivity index (χ1n) is 7.73. The highest BCUT2D eigenvalue weighted by molar-refractivity contribution is 6.12. The number of anilines is 2. The number of hydrogen-bond donors (Lipinski definition) is 2. The fourth-order valence-corrected chi connectivity index (χ4v) is 3.20. The molecule has 25 heavy (non-hydrogen) atoms. The van der Waals surface area contributed by atoms with Gasteiger partial charge in [0.05, 0.1) is 5.69 Å². The maximum atomic E-state index is 13.2. The third-order valence-electron chi connectivity index (χ3n) is 4.35. The Balaban J connectivity index is 1.90. The number of rotatable bonds is 3. The SMILES string of the molecule is NC(=O)c1ccc2c(c1)C(c1ccc[nH]1)C(=O)N2c1ccc(F)cc1. The molecule has 1 aliphatic heterocycles. The summed E-state index contributed by atoms with van der Waals surface area (Å²) in [5.74, 6) is -1.68. The number of benzene rings is 2. The van der Waals surface area contributed by atoms with Crippen molar-refractivity contribution in [3.8, 4) is 0 Å². The second-order valence-electron chi connectivity index (χ2n) is 5.85. The third-order valence-corrected chi connectivity index (χ3v) is 4.35. The van der Waals surface area contributed by atoms with Crippen LogP contribution in [0.3, 0.4) is 0 Å². The van der Waals surface area contributed by atoms with Gasteiger partial charge in [-0.05, 0) is 60.2 Å². The van der Waals surface area contributed by atoms with Crippen LogP contribution in [0.4, 0.5) is 15.8 Å². The van der Waals surface area contributed by atoms with Gasteiger partial charge in [0.1, 0.15) is 11.7 Å². The number of aromatic nitrogens is 1. The Bertz CT molecular complexity index is 965. The third kappa shape index (κ3) is 2.39. The van der Waals surface area contributed by atoms with Crippen LogP contribution < -0.4 is 10.6 Å². The Kier molecular flexibility index (Phi) is 3.39. The molecule has 1 aromatic heterocycles. The van der Waals surface area contributed by atoms with Gasteiger partial charge < -0.3 is 10.7 Å². The van der Waals surface area contributed by atoms with Crippen LogP contribution in [0.15, 0.2) is 60.8 Å². The fourth-order valence-electron chi connectivity index (χ4n) is 3.20. The molecule has 2 aromatic carbocycles. The second-order valence-corrected chi connectivity index (χ2v) is 5.85. The normalized spacial score (nSPS) is 16.1. The number of nitrogens with two attached hydrogens (primary N) is 1. The molecule has 0 spiro atoms. The number of nitrogens with one attached hydrogen (secondary N) is 1. The number of carbonyl (C=O) groups is 2. The molecule has 4 rings (SSSR count). The van der Waals surface area contributed by atoms with Crippen molar-refractivity contribution in [3.05, 3.63) is 83.4 Å². The number of primary amides is 1. The molecule has 6 heteroatoms. The van der Waals surface area contributed by atoms with Gasteiger partial charge in [0.2, 0.25) is 11.8 Å². The summed E-state index contributed by atoms with van der Waals surface area (Å²) in [6.07, 6.45) is 1.74. The average molecular weight is 335 g/mol. The lowest BCUT2D eigenvalue weighted by molar-refractivity contribution is -0.117. The van der Waals surface area contributed by atoms with Gasteiger partial charge in [0.25, 0.3) is 0 Å². The molecule has 0 saturated heterocycles. The molecule has 0 bridgehead atoms. The maximum Gasteiger partial charge on any atom is 0.248 e. The minimum atomic E-state index is -0.575. The van der Waals surface area contributed by atoms with Crippen molar-refractivity contribution in [2.45, 2.75) is 5.92 Å². The summed E-state index contributed by atoms with van der Waals surface area (Å²) in [6.45, 7) is 0. The van der Waals surface area contributed by atoms with Crippen molar-refractivity contribution in [2.75, 3.05) is 4.90 Å². The van der Waals surface area contributed by atoms with E-state index in [0.29, 0.717) is 22.5 Å². The van der Waals surface area contributed by atoms with E-state index < -0.39 is 11.8 Å². The topological polar surface area (TPSA) is 79.2 Å². The van der Waals surface area contributed by atoms with Gasteiger partial charge in [-0.25, -0.2) is 4.39 Å². The molecule has 2 heterocycles. The Morgan fingerprint density at radius 2 is 1.88 bits per heavy atom. The van der Waals surface area contributed by atoms with Crippen LogP contribution in [-0.2, 0) is 4.79 Å². The number of H-pyrrole nitrogens is 1. The summed E-state index contributed by atoms with van der Waals surface area (Å²) >= 11 is 0. The summed E-state index contributed by atoms with van der Waals surface area (Å²) in [4.78, 5) is 29.3. The van der Waals surface area contributed by atoms with Crippen LogP contribution in [0.1, 0.15) is 27.5 Å². The molecule has 1 atom stereocenters. The van der Waals surface area contributed by atoms with E-state index in [1.165, 1.54) is 17.0 Å². The molecule has 2 amide bonds. The zero-order chi connectivity index (χ0) is 17.6. The van der Waals surface area contributed by atoms with Crippen LogP contribution in [0, 0.1) is 5.82 Å². The highest BCUT2D eigenvalue weighted by Crippen LogP contribution is 2.44. The first kappa shape index (κ1) is 15.1. The van der Waals surface area contributed by atoms with Gasteiger partial charge in [0.15, 0.2) is 0 Å². The van der Waals surface area contributed by atoms with Crippen molar-refractivity contribution >= 4 is 23.2 Å². The molecule has 1 aliphatic rings. The van der Waals surface area contributed by atoms with Crippen molar-refractivity contribution in [2.24, 2.45) is 5.73 Å². The minimum absolute atomic E-state index is 0.175. The van der Waals surface area contributed by atoms with Crippen molar-refractivity contribution in [1.29, 1.82) is 0 Å². The van der Waals surface area contributed by atoms with Gasteiger partial charge in [0, 0.05) is 23.1 Å². The molecular formula is C19H14FN3O2.